The van der Waals surface area contributed by atoms with Crippen LogP contribution in [0.2, 0.25) is 0 Å². The third kappa shape index (κ3) is 1.74. The minimum atomic E-state index is 0.651. The zero-order valence-electron chi connectivity index (χ0n) is 10.6. The maximum absolute atomic E-state index is 5.42. The summed E-state index contributed by atoms with van der Waals surface area (Å²) in [5, 5.41) is 3.54. The van der Waals surface area contributed by atoms with Crippen molar-refractivity contribution in [2.45, 2.75) is 25.8 Å². The van der Waals surface area contributed by atoms with Gasteiger partial charge >= 0.3 is 0 Å². The zero-order valence-corrected chi connectivity index (χ0v) is 10.6. The summed E-state index contributed by atoms with van der Waals surface area (Å²) in [6.07, 6.45) is 2.59. The van der Waals surface area contributed by atoms with Gasteiger partial charge in [-0.05, 0) is 30.9 Å². The topological polar surface area (TPSA) is 24.5 Å². The van der Waals surface area contributed by atoms with Gasteiger partial charge in [-0.2, -0.15) is 0 Å². The van der Waals surface area contributed by atoms with Crippen LogP contribution in [0.5, 0.6) is 5.75 Å². The molecule has 2 aliphatic heterocycles. The molecule has 2 aliphatic rings. The molecule has 2 unspecified atom stereocenters. The predicted molar refractivity (Wildman–Crippen MR) is 71.0 cm³/mol. The first-order valence-corrected chi connectivity index (χ1v) is 6.47. The number of piperidine rings is 1. The highest BCUT2D eigenvalue weighted by atomic mass is 16.5. The highest BCUT2D eigenvalue weighted by Gasteiger charge is 2.31. The summed E-state index contributed by atoms with van der Waals surface area (Å²) in [6.45, 7) is 4.57. The lowest BCUT2D eigenvalue weighted by Gasteiger charge is -2.44. The first-order chi connectivity index (χ1) is 8.29. The molecular formula is C14H20N2O. The van der Waals surface area contributed by atoms with Crippen molar-refractivity contribution in [1.29, 1.82) is 0 Å². The molecule has 0 aliphatic carbocycles. The highest BCUT2D eigenvalue weighted by molar-refractivity contribution is 5.78. The molecule has 0 aromatic heterocycles. The van der Waals surface area contributed by atoms with Crippen molar-refractivity contribution < 1.29 is 4.74 Å². The second-order valence-corrected chi connectivity index (χ2v) is 5.21. The molecule has 17 heavy (non-hydrogen) atoms. The van der Waals surface area contributed by atoms with E-state index in [9.17, 15) is 0 Å². The monoisotopic (exact) mass is 232 g/mol. The Bertz CT molecular complexity index is 419. The maximum Gasteiger partial charge on any atom is 0.144 e. The van der Waals surface area contributed by atoms with Gasteiger partial charge in [0.1, 0.15) is 11.4 Å². The third-order valence-corrected chi connectivity index (χ3v) is 4.03. The number of nitrogens with zero attached hydrogens (tertiary/aromatic N) is 1. The van der Waals surface area contributed by atoms with Crippen LogP contribution in [0.25, 0.3) is 0 Å². The van der Waals surface area contributed by atoms with E-state index in [0.717, 1.165) is 18.2 Å². The molecule has 3 nitrogen and oxygen atoms in total. The lowest BCUT2D eigenvalue weighted by atomic mass is 9.90. The number of benzene rings is 1. The number of hydrogen-bond acceptors (Lipinski definition) is 3. The quantitative estimate of drug-likeness (QED) is 0.805. The second kappa shape index (κ2) is 4.13. The molecule has 1 N–H and O–H groups in total. The molecule has 1 fully saturated rings. The lowest BCUT2D eigenvalue weighted by Crippen LogP contribution is -2.48. The van der Waals surface area contributed by atoms with Gasteiger partial charge in [-0.1, -0.05) is 13.0 Å². The minimum Gasteiger partial charge on any atom is -0.495 e. The minimum absolute atomic E-state index is 0.651. The van der Waals surface area contributed by atoms with Crippen molar-refractivity contribution >= 4 is 11.4 Å². The third-order valence-electron chi connectivity index (χ3n) is 4.03. The maximum atomic E-state index is 5.42. The van der Waals surface area contributed by atoms with E-state index in [0.29, 0.717) is 6.04 Å². The molecular weight excluding hydrogens is 212 g/mol. The number of rotatable bonds is 1. The zero-order chi connectivity index (χ0) is 11.8. The molecule has 1 aromatic carbocycles. The van der Waals surface area contributed by atoms with Gasteiger partial charge in [0.25, 0.3) is 0 Å². The summed E-state index contributed by atoms with van der Waals surface area (Å²) < 4.78 is 5.42. The standard InChI is InChI=1S/C14H20N2O/c1-10-6-7-16-11(8-10)9-15-14-12(16)4-3-5-13(14)17-2/h3-5,10-11,15H,6-9H2,1-2H3. The number of hydrogen-bond donors (Lipinski definition) is 1. The van der Waals surface area contributed by atoms with Crippen molar-refractivity contribution in [3.63, 3.8) is 0 Å². The van der Waals surface area contributed by atoms with E-state index in [-0.39, 0.29) is 0 Å². The van der Waals surface area contributed by atoms with Crippen LogP contribution in [0.1, 0.15) is 19.8 Å². The highest BCUT2D eigenvalue weighted by Crippen LogP contribution is 2.41. The van der Waals surface area contributed by atoms with E-state index >= 15 is 0 Å². The Labute approximate surface area is 103 Å². The Balaban J connectivity index is 1.97. The van der Waals surface area contributed by atoms with E-state index in [1.807, 2.05) is 6.07 Å². The Morgan fingerprint density at radius 2 is 2.29 bits per heavy atom. The van der Waals surface area contributed by atoms with Crippen molar-refractivity contribution in [2.75, 3.05) is 30.4 Å². The van der Waals surface area contributed by atoms with Crippen LogP contribution in [-0.2, 0) is 0 Å². The summed E-state index contributed by atoms with van der Waals surface area (Å²) in [4.78, 5) is 2.55. The smallest absolute Gasteiger partial charge is 0.144 e. The van der Waals surface area contributed by atoms with Crippen LogP contribution >= 0.6 is 0 Å². The fourth-order valence-electron chi connectivity index (χ4n) is 3.09. The average molecular weight is 232 g/mol. The van der Waals surface area contributed by atoms with Crippen LogP contribution in [-0.4, -0.2) is 26.2 Å². The molecule has 2 atom stereocenters. The van der Waals surface area contributed by atoms with Crippen molar-refractivity contribution in [3.8, 4) is 5.75 Å². The van der Waals surface area contributed by atoms with Gasteiger partial charge < -0.3 is 15.0 Å². The van der Waals surface area contributed by atoms with Gasteiger partial charge in [0.05, 0.1) is 12.8 Å². The van der Waals surface area contributed by atoms with Crippen molar-refractivity contribution in [1.82, 2.24) is 0 Å². The van der Waals surface area contributed by atoms with E-state index in [2.05, 4.69) is 29.3 Å². The normalized spacial score (nSPS) is 26.8. The number of nitrogens with one attached hydrogen (secondary N) is 1. The summed E-state index contributed by atoms with van der Waals surface area (Å²) in [6, 6.07) is 6.96. The summed E-state index contributed by atoms with van der Waals surface area (Å²) >= 11 is 0. The van der Waals surface area contributed by atoms with Gasteiger partial charge in [-0.15, -0.1) is 0 Å². The number of methoxy groups -OCH3 is 1. The predicted octanol–water partition coefficient (Wildman–Crippen LogP) is 2.73. The van der Waals surface area contributed by atoms with E-state index in [4.69, 9.17) is 4.74 Å². The molecule has 2 heterocycles. The van der Waals surface area contributed by atoms with Crippen molar-refractivity contribution in [3.05, 3.63) is 18.2 Å². The fourth-order valence-corrected chi connectivity index (χ4v) is 3.09. The molecule has 92 valence electrons. The van der Waals surface area contributed by atoms with Crippen LogP contribution in [0.3, 0.4) is 0 Å². The van der Waals surface area contributed by atoms with Gasteiger partial charge in [-0.25, -0.2) is 0 Å². The summed E-state index contributed by atoms with van der Waals surface area (Å²) in [5.74, 6) is 1.81. The van der Waals surface area contributed by atoms with E-state index in [1.165, 1.54) is 30.8 Å². The van der Waals surface area contributed by atoms with E-state index in [1.54, 1.807) is 7.11 Å². The molecule has 3 heteroatoms. The van der Waals surface area contributed by atoms with Gasteiger partial charge in [0.2, 0.25) is 0 Å². The molecule has 0 saturated carbocycles. The average Bonchev–Trinajstić information content (AvgIpc) is 2.37. The van der Waals surface area contributed by atoms with Gasteiger partial charge in [0.15, 0.2) is 0 Å². The van der Waals surface area contributed by atoms with Crippen LogP contribution < -0.4 is 15.0 Å². The SMILES string of the molecule is COc1cccc2c1NCC1CC(C)CCN21. The molecule has 0 amide bonds. The molecule has 1 aromatic rings. The van der Waals surface area contributed by atoms with Crippen LogP contribution in [0.4, 0.5) is 11.4 Å². The lowest BCUT2D eigenvalue weighted by molar-refractivity contribution is 0.364. The summed E-state index contributed by atoms with van der Waals surface area (Å²) in [7, 11) is 1.74. The van der Waals surface area contributed by atoms with Gasteiger partial charge in [-0.3, -0.25) is 0 Å². The van der Waals surface area contributed by atoms with Crippen molar-refractivity contribution in [2.24, 2.45) is 5.92 Å². The molecule has 1 saturated heterocycles. The molecule has 3 rings (SSSR count). The number of anilines is 2. The molecule has 0 spiro atoms. The van der Waals surface area contributed by atoms with Crippen LogP contribution in [0, 0.1) is 5.92 Å². The first kappa shape index (κ1) is 10.8. The Kier molecular flexibility index (Phi) is 2.61. The first-order valence-electron chi connectivity index (χ1n) is 6.47. The number of fused-ring (bicyclic) bond motifs is 3. The Morgan fingerprint density at radius 3 is 3.12 bits per heavy atom. The van der Waals surface area contributed by atoms with Gasteiger partial charge in [0, 0.05) is 19.1 Å². The summed E-state index contributed by atoms with van der Waals surface area (Å²) in [5.41, 5.74) is 2.48. The Hall–Kier alpha value is -1.38. The Morgan fingerprint density at radius 1 is 1.41 bits per heavy atom. The molecule has 0 bridgehead atoms. The van der Waals surface area contributed by atoms with Crippen LogP contribution in [0.15, 0.2) is 18.2 Å². The number of para-hydroxylation sites is 1. The van der Waals surface area contributed by atoms with E-state index < -0.39 is 0 Å². The largest absolute Gasteiger partial charge is 0.495 e. The second-order valence-electron chi connectivity index (χ2n) is 5.21. The molecule has 0 radical (unpaired) electrons. The fraction of sp³-hybridized carbons (Fsp3) is 0.571. The number of ether oxygens (including phenoxy) is 1.